The van der Waals surface area contributed by atoms with E-state index in [0.717, 1.165) is 69.1 Å². The molecular weight excluding hydrogens is 330 g/mol. The fraction of sp³-hybridized carbons (Fsp3) is 0.857. The zero-order valence-corrected chi connectivity index (χ0v) is 17.3. The number of nitrogens with zero attached hydrogens (tertiary/aromatic N) is 1. The smallest absolute Gasteiger partial charge is 0.329 e. The summed E-state index contributed by atoms with van der Waals surface area (Å²) in [5.41, 5.74) is 0. The molecule has 0 heterocycles. The third-order valence-electron chi connectivity index (χ3n) is 4.54. The van der Waals surface area contributed by atoms with Gasteiger partial charge in [0.25, 0.3) is 0 Å². The van der Waals surface area contributed by atoms with Crippen LogP contribution in [-0.4, -0.2) is 35.3 Å². The van der Waals surface area contributed by atoms with Crippen molar-refractivity contribution < 1.29 is 19.1 Å². The van der Waals surface area contributed by atoms with Crippen LogP contribution in [0.15, 0.2) is 0 Å². The molecule has 0 aliphatic carbocycles. The third kappa shape index (κ3) is 10.6. The molecule has 5 nitrogen and oxygen atoms in total. The van der Waals surface area contributed by atoms with Crippen LogP contribution in [0.5, 0.6) is 0 Å². The number of hydrogen-bond acceptors (Lipinski definition) is 4. The molecule has 0 saturated carbocycles. The van der Waals surface area contributed by atoms with Crippen LogP contribution >= 0.6 is 0 Å². The molecule has 0 fully saturated rings. The zero-order chi connectivity index (χ0) is 19.8. The Kier molecular flexibility index (Phi) is 15.0. The molecule has 0 spiro atoms. The number of esters is 1. The molecule has 0 N–H and O–H groups in total. The fourth-order valence-corrected chi connectivity index (χ4v) is 2.94. The monoisotopic (exact) mass is 369 g/mol. The van der Waals surface area contributed by atoms with E-state index >= 15 is 0 Å². The van der Waals surface area contributed by atoms with Gasteiger partial charge in [-0.3, -0.25) is 14.5 Å². The number of imide groups is 1. The zero-order valence-electron chi connectivity index (χ0n) is 17.3. The highest BCUT2D eigenvalue weighted by Gasteiger charge is 2.31. The summed E-state index contributed by atoms with van der Waals surface area (Å²) in [6.07, 6.45) is 10.9. The van der Waals surface area contributed by atoms with Gasteiger partial charge in [0.1, 0.15) is 6.04 Å². The van der Waals surface area contributed by atoms with Gasteiger partial charge in [0.05, 0.1) is 6.61 Å². The number of ether oxygens (including phenoxy) is 1. The van der Waals surface area contributed by atoms with E-state index < -0.39 is 12.0 Å². The Morgan fingerprint density at radius 3 is 1.54 bits per heavy atom. The van der Waals surface area contributed by atoms with E-state index in [9.17, 15) is 14.4 Å². The van der Waals surface area contributed by atoms with E-state index in [4.69, 9.17) is 4.74 Å². The highest BCUT2D eigenvalue weighted by molar-refractivity contribution is 5.99. The first-order valence-corrected chi connectivity index (χ1v) is 10.5. The maximum atomic E-state index is 12.6. The van der Waals surface area contributed by atoms with Gasteiger partial charge in [0, 0.05) is 12.8 Å². The molecule has 26 heavy (non-hydrogen) atoms. The highest BCUT2D eigenvalue weighted by Crippen LogP contribution is 2.14. The van der Waals surface area contributed by atoms with Gasteiger partial charge >= 0.3 is 5.97 Å². The molecule has 0 radical (unpaired) electrons. The van der Waals surface area contributed by atoms with Gasteiger partial charge in [-0.2, -0.15) is 0 Å². The minimum Gasteiger partial charge on any atom is -0.464 e. The summed E-state index contributed by atoms with van der Waals surface area (Å²) in [5.74, 6) is -1.01. The van der Waals surface area contributed by atoms with Crippen LogP contribution < -0.4 is 0 Å². The lowest BCUT2D eigenvalue weighted by Crippen LogP contribution is -2.47. The van der Waals surface area contributed by atoms with Crippen LogP contribution in [0.1, 0.15) is 105 Å². The number of carbonyl (C=O) groups excluding carboxylic acids is 3. The molecule has 0 aliphatic heterocycles. The summed E-state index contributed by atoms with van der Waals surface area (Å²) in [6.45, 7) is 7.84. The molecule has 2 amide bonds. The molecule has 0 aromatic rings. The second kappa shape index (κ2) is 15.8. The Labute approximate surface area is 159 Å². The van der Waals surface area contributed by atoms with Crippen LogP contribution in [0.2, 0.25) is 0 Å². The Morgan fingerprint density at radius 2 is 1.15 bits per heavy atom. The Hall–Kier alpha value is -1.39. The lowest BCUT2D eigenvalue weighted by molar-refractivity contribution is -0.160. The van der Waals surface area contributed by atoms with Gasteiger partial charge in [-0.05, 0) is 26.7 Å². The van der Waals surface area contributed by atoms with Crippen molar-refractivity contribution in [3.63, 3.8) is 0 Å². The topological polar surface area (TPSA) is 63.7 Å². The molecule has 0 rings (SSSR count). The summed E-state index contributed by atoms with van der Waals surface area (Å²) in [4.78, 5) is 38.4. The standard InChI is InChI=1S/C21H39NO4/c1-5-8-10-12-14-16-19(23)22(18(4)21(25)26-7-3)20(24)17-15-13-11-9-6-2/h18H,5-17H2,1-4H3/t18-/m0/s1. The van der Waals surface area contributed by atoms with Crippen molar-refractivity contribution in [3.8, 4) is 0 Å². The second-order valence-electron chi connectivity index (χ2n) is 6.91. The van der Waals surface area contributed by atoms with Gasteiger partial charge in [0.15, 0.2) is 0 Å². The second-order valence-corrected chi connectivity index (χ2v) is 6.91. The average Bonchev–Trinajstić information content (AvgIpc) is 2.61. The quantitative estimate of drug-likeness (QED) is 0.300. The Bertz CT molecular complexity index is 383. The van der Waals surface area contributed by atoms with Crippen molar-refractivity contribution >= 4 is 17.8 Å². The average molecular weight is 370 g/mol. The van der Waals surface area contributed by atoms with Crippen LogP contribution in [0.4, 0.5) is 0 Å². The highest BCUT2D eigenvalue weighted by atomic mass is 16.5. The van der Waals surface area contributed by atoms with Crippen LogP contribution in [-0.2, 0) is 19.1 Å². The summed E-state index contributed by atoms with van der Waals surface area (Å²) in [5, 5.41) is 0. The number of rotatable bonds is 15. The minimum atomic E-state index is -0.846. The summed E-state index contributed by atoms with van der Waals surface area (Å²) in [7, 11) is 0. The summed E-state index contributed by atoms with van der Waals surface area (Å²) in [6, 6.07) is -0.846. The SMILES string of the molecule is CCCCCCCC(=O)N(C(=O)CCCCCCC)[C@@H](C)C(=O)OCC. The fourth-order valence-electron chi connectivity index (χ4n) is 2.94. The molecular formula is C21H39NO4. The van der Waals surface area contributed by atoms with Gasteiger partial charge in [0.2, 0.25) is 11.8 Å². The van der Waals surface area contributed by atoms with Crippen molar-refractivity contribution in [2.45, 2.75) is 111 Å². The van der Waals surface area contributed by atoms with E-state index in [1.165, 1.54) is 0 Å². The van der Waals surface area contributed by atoms with Gasteiger partial charge < -0.3 is 4.74 Å². The van der Waals surface area contributed by atoms with Crippen molar-refractivity contribution in [1.82, 2.24) is 4.90 Å². The molecule has 5 heteroatoms. The molecule has 152 valence electrons. The van der Waals surface area contributed by atoms with E-state index in [1.54, 1.807) is 13.8 Å². The molecule has 0 aliphatic rings. The van der Waals surface area contributed by atoms with E-state index in [0.29, 0.717) is 12.8 Å². The Morgan fingerprint density at radius 1 is 0.731 bits per heavy atom. The lowest BCUT2D eigenvalue weighted by atomic mass is 10.1. The molecule has 0 bridgehead atoms. The molecule has 1 atom stereocenters. The number of carbonyl (C=O) groups is 3. The molecule has 0 aromatic carbocycles. The van der Waals surface area contributed by atoms with E-state index in [1.807, 2.05) is 0 Å². The molecule has 0 aromatic heterocycles. The van der Waals surface area contributed by atoms with E-state index in [2.05, 4.69) is 13.8 Å². The third-order valence-corrected chi connectivity index (χ3v) is 4.54. The maximum absolute atomic E-state index is 12.6. The normalized spacial score (nSPS) is 11.8. The summed E-state index contributed by atoms with van der Waals surface area (Å²) < 4.78 is 5.02. The minimum absolute atomic E-state index is 0.243. The van der Waals surface area contributed by atoms with Crippen LogP contribution in [0.25, 0.3) is 0 Å². The van der Waals surface area contributed by atoms with Crippen LogP contribution in [0.3, 0.4) is 0 Å². The lowest BCUT2D eigenvalue weighted by Gasteiger charge is -2.26. The summed E-state index contributed by atoms with van der Waals surface area (Å²) >= 11 is 0. The van der Waals surface area contributed by atoms with E-state index in [-0.39, 0.29) is 18.4 Å². The predicted molar refractivity (Wildman–Crippen MR) is 105 cm³/mol. The first-order chi connectivity index (χ1) is 12.5. The van der Waals surface area contributed by atoms with Gasteiger partial charge in [-0.25, -0.2) is 4.79 Å². The van der Waals surface area contributed by atoms with Crippen molar-refractivity contribution in [1.29, 1.82) is 0 Å². The molecule has 0 saturated heterocycles. The van der Waals surface area contributed by atoms with Gasteiger partial charge in [-0.1, -0.05) is 65.2 Å². The maximum Gasteiger partial charge on any atom is 0.329 e. The number of unbranched alkanes of at least 4 members (excludes halogenated alkanes) is 8. The van der Waals surface area contributed by atoms with Gasteiger partial charge in [-0.15, -0.1) is 0 Å². The largest absolute Gasteiger partial charge is 0.464 e. The van der Waals surface area contributed by atoms with Crippen molar-refractivity contribution in [2.75, 3.05) is 6.61 Å². The Balaban J connectivity index is 4.69. The first-order valence-electron chi connectivity index (χ1n) is 10.5. The van der Waals surface area contributed by atoms with Crippen LogP contribution in [0, 0.1) is 0 Å². The van der Waals surface area contributed by atoms with Crippen molar-refractivity contribution in [2.24, 2.45) is 0 Å². The number of amides is 2. The van der Waals surface area contributed by atoms with Crippen molar-refractivity contribution in [3.05, 3.63) is 0 Å². The molecule has 0 unspecified atom stereocenters. The predicted octanol–water partition coefficient (Wildman–Crippen LogP) is 5.01. The number of hydrogen-bond donors (Lipinski definition) is 0. The first kappa shape index (κ1) is 24.6.